The maximum atomic E-state index is 11.9. The van der Waals surface area contributed by atoms with Gasteiger partial charge in [-0.3, -0.25) is 10.1 Å². The first-order chi connectivity index (χ1) is 7.74. The summed E-state index contributed by atoms with van der Waals surface area (Å²) in [4.78, 5) is 13.4. The summed E-state index contributed by atoms with van der Waals surface area (Å²) in [6.45, 7) is 1.37. The standard InChI is InChI=1S/C8H6BrF3N2O3/c1-4-5(3-9)6(14(15)16)2-7(13-4)17-8(10,11)12/h2H,3H2,1H3. The Morgan fingerprint density at radius 2 is 2.18 bits per heavy atom. The number of rotatable bonds is 3. The maximum Gasteiger partial charge on any atom is 0.574 e. The van der Waals surface area contributed by atoms with Gasteiger partial charge in [-0.25, -0.2) is 4.98 Å². The van der Waals surface area contributed by atoms with E-state index in [-0.39, 0.29) is 16.6 Å². The SMILES string of the molecule is Cc1nc(OC(F)(F)F)cc([N+](=O)[O-])c1CBr. The van der Waals surface area contributed by atoms with Crippen LogP contribution in [0.3, 0.4) is 0 Å². The molecule has 0 aromatic carbocycles. The van der Waals surface area contributed by atoms with Gasteiger partial charge in [0.1, 0.15) is 0 Å². The van der Waals surface area contributed by atoms with Crippen molar-refractivity contribution in [2.75, 3.05) is 0 Å². The fourth-order valence-electron chi connectivity index (χ4n) is 1.15. The van der Waals surface area contributed by atoms with E-state index in [9.17, 15) is 23.3 Å². The molecular formula is C8H6BrF3N2O3. The van der Waals surface area contributed by atoms with E-state index in [1.807, 2.05) is 0 Å². The average Bonchev–Trinajstić information content (AvgIpc) is 2.13. The van der Waals surface area contributed by atoms with Gasteiger partial charge in [-0.1, -0.05) is 15.9 Å². The molecule has 1 rings (SSSR count). The number of nitro groups is 1. The zero-order valence-corrected chi connectivity index (χ0v) is 10.0. The second-order valence-electron chi connectivity index (χ2n) is 2.98. The van der Waals surface area contributed by atoms with Crippen LogP contribution in [0.1, 0.15) is 11.3 Å². The largest absolute Gasteiger partial charge is 0.574 e. The van der Waals surface area contributed by atoms with E-state index >= 15 is 0 Å². The van der Waals surface area contributed by atoms with E-state index in [0.29, 0.717) is 6.07 Å². The van der Waals surface area contributed by atoms with Crippen molar-refractivity contribution in [1.29, 1.82) is 0 Å². The highest BCUT2D eigenvalue weighted by molar-refractivity contribution is 9.08. The first-order valence-electron chi connectivity index (χ1n) is 4.21. The summed E-state index contributed by atoms with van der Waals surface area (Å²) in [6, 6.07) is 0.650. The van der Waals surface area contributed by atoms with Gasteiger partial charge in [0.15, 0.2) is 0 Å². The normalized spacial score (nSPS) is 11.4. The summed E-state index contributed by atoms with van der Waals surface area (Å²) < 4.78 is 39.4. The van der Waals surface area contributed by atoms with E-state index in [1.54, 1.807) is 0 Å². The van der Waals surface area contributed by atoms with E-state index in [4.69, 9.17) is 0 Å². The molecule has 1 aromatic rings. The van der Waals surface area contributed by atoms with Gasteiger partial charge in [0, 0.05) is 5.33 Å². The fraction of sp³-hybridized carbons (Fsp3) is 0.375. The van der Waals surface area contributed by atoms with Gasteiger partial charge in [0.2, 0.25) is 5.88 Å². The van der Waals surface area contributed by atoms with E-state index in [1.165, 1.54) is 6.92 Å². The third kappa shape index (κ3) is 3.55. The fourth-order valence-corrected chi connectivity index (χ4v) is 1.85. The second kappa shape index (κ2) is 4.86. The zero-order valence-electron chi connectivity index (χ0n) is 8.42. The third-order valence-corrected chi connectivity index (χ3v) is 2.40. The molecular weight excluding hydrogens is 309 g/mol. The van der Waals surface area contributed by atoms with Crippen molar-refractivity contribution in [1.82, 2.24) is 4.98 Å². The molecule has 9 heteroatoms. The molecule has 17 heavy (non-hydrogen) atoms. The lowest BCUT2D eigenvalue weighted by Gasteiger charge is -2.10. The number of hydrogen-bond donors (Lipinski definition) is 0. The predicted octanol–water partition coefficient (Wildman–Crippen LogP) is 3.09. The Balaban J connectivity index is 3.25. The van der Waals surface area contributed by atoms with Crippen LogP contribution in [-0.2, 0) is 5.33 Å². The van der Waals surface area contributed by atoms with Crippen LogP contribution in [0.5, 0.6) is 5.88 Å². The summed E-state index contributed by atoms with van der Waals surface area (Å²) in [5.74, 6) is -0.841. The molecule has 0 aliphatic carbocycles. The van der Waals surface area contributed by atoms with Crippen molar-refractivity contribution in [3.8, 4) is 5.88 Å². The molecule has 0 unspecified atom stereocenters. The second-order valence-corrected chi connectivity index (χ2v) is 3.54. The number of alkyl halides is 4. The van der Waals surface area contributed by atoms with Gasteiger partial charge in [-0.15, -0.1) is 13.2 Å². The van der Waals surface area contributed by atoms with Crippen LogP contribution >= 0.6 is 15.9 Å². The molecule has 0 aliphatic heterocycles. The number of hydrogen-bond acceptors (Lipinski definition) is 4. The van der Waals surface area contributed by atoms with Crippen molar-refractivity contribution < 1.29 is 22.8 Å². The number of aromatic nitrogens is 1. The minimum absolute atomic E-state index is 0.107. The monoisotopic (exact) mass is 314 g/mol. The van der Waals surface area contributed by atoms with Gasteiger partial charge in [-0.2, -0.15) is 0 Å². The molecule has 1 heterocycles. The maximum absolute atomic E-state index is 11.9. The van der Waals surface area contributed by atoms with Gasteiger partial charge in [0.05, 0.1) is 22.2 Å². The van der Waals surface area contributed by atoms with Gasteiger partial charge in [-0.05, 0) is 6.92 Å². The Labute approximate surface area is 102 Å². The number of halogens is 4. The van der Waals surface area contributed by atoms with Gasteiger partial charge in [0.25, 0.3) is 5.69 Å². The summed E-state index contributed by atoms with van der Waals surface area (Å²) in [5.41, 5.74) is -0.145. The van der Waals surface area contributed by atoms with Crippen LogP contribution in [0.25, 0.3) is 0 Å². The summed E-state index contributed by atoms with van der Waals surface area (Å²) in [5, 5.41) is 10.8. The highest BCUT2D eigenvalue weighted by atomic mass is 79.9. The third-order valence-electron chi connectivity index (χ3n) is 1.83. The Bertz CT molecular complexity index is 450. The van der Waals surface area contributed by atoms with Crippen molar-refractivity contribution in [3.63, 3.8) is 0 Å². The lowest BCUT2D eigenvalue weighted by molar-refractivity contribution is -0.385. The molecule has 94 valence electrons. The number of pyridine rings is 1. The zero-order chi connectivity index (χ0) is 13.2. The van der Waals surface area contributed by atoms with E-state index < -0.39 is 22.9 Å². The molecule has 0 amide bonds. The first-order valence-corrected chi connectivity index (χ1v) is 5.33. The molecule has 0 atom stereocenters. The van der Waals surface area contributed by atoms with Crippen LogP contribution in [0.2, 0.25) is 0 Å². The van der Waals surface area contributed by atoms with Crippen LogP contribution < -0.4 is 4.74 Å². The minimum atomic E-state index is -4.93. The van der Waals surface area contributed by atoms with Gasteiger partial charge >= 0.3 is 6.36 Å². The Morgan fingerprint density at radius 1 is 1.59 bits per heavy atom. The molecule has 0 spiro atoms. The lowest BCUT2D eigenvalue weighted by atomic mass is 10.2. The molecule has 0 aliphatic rings. The highest BCUT2D eigenvalue weighted by Crippen LogP contribution is 2.30. The first kappa shape index (κ1) is 13.7. The lowest BCUT2D eigenvalue weighted by Crippen LogP contribution is -2.18. The van der Waals surface area contributed by atoms with E-state index in [2.05, 4.69) is 25.7 Å². The topological polar surface area (TPSA) is 65.3 Å². The smallest absolute Gasteiger partial charge is 0.388 e. The van der Waals surface area contributed by atoms with Crippen molar-refractivity contribution in [2.24, 2.45) is 0 Å². The van der Waals surface area contributed by atoms with Gasteiger partial charge < -0.3 is 4.74 Å². The van der Waals surface area contributed by atoms with Crippen LogP contribution in [0.4, 0.5) is 18.9 Å². The predicted molar refractivity (Wildman–Crippen MR) is 54.9 cm³/mol. The summed E-state index contributed by atoms with van der Waals surface area (Å²) >= 11 is 3.01. The molecule has 0 saturated heterocycles. The van der Waals surface area contributed by atoms with Crippen molar-refractivity contribution >= 4 is 21.6 Å². The van der Waals surface area contributed by atoms with Crippen molar-refractivity contribution in [2.45, 2.75) is 18.6 Å². The Hall–Kier alpha value is -1.38. The highest BCUT2D eigenvalue weighted by Gasteiger charge is 2.33. The average molecular weight is 315 g/mol. The Kier molecular flexibility index (Phi) is 3.91. The summed E-state index contributed by atoms with van der Waals surface area (Å²) in [6.07, 6.45) is -4.93. The molecule has 0 N–H and O–H groups in total. The quantitative estimate of drug-likeness (QED) is 0.488. The summed E-state index contributed by atoms with van der Waals surface area (Å²) in [7, 11) is 0. The molecule has 0 fully saturated rings. The number of ether oxygens (including phenoxy) is 1. The minimum Gasteiger partial charge on any atom is -0.388 e. The molecule has 1 aromatic heterocycles. The van der Waals surface area contributed by atoms with Crippen LogP contribution in [0.15, 0.2) is 6.07 Å². The van der Waals surface area contributed by atoms with E-state index in [0.717, 1.165) is 0 Å². The Morgan fingerprint density at radius 3 is 2.59 bits per heavy atom. The molecule has 5 nitrogen and oxygen atoms in total. The number of aryl methyl sites for hydroxylation is 1. The molecule has 0 saturated carbocycles. The van der Waals surface area contributed by atoms with Crippen molar-refractivity contribution in [3.05, 3.63) is 27.4 Å². The van der Waals surface area contributed by atoms with Crippen LogP contribution in [0, 0.1) is 17.0 Å². The molecule has 0 radical (unpaired) electrons. The van der Waals surface area contributed by atoms with Crippen LogP contribution in [-0.4, -0.2) is 16.3 Å². The molecule has 0 bridgehead atoms. The number of nitrogens with zero attached hydrogens (tertiary/aromatic N) is 2.